The molecule has 2 N–H and O–H groups in total. The van der Waals surface area contributed by atoms with Gasteiger partial charge in [-0.15, -0.1) is 11.3 Å². The molecule has 1 aromatic rings. The third-order valence-corrected chi connectivity index (χ3v) is 3.94. The SMILES string of the molecule is C=O.CC.CCCCC(C)CCC.CCCc1cscc1N. The predicted octanol–water partition coefficient (Wildman–Crippen LogP) is 6.74. The first-order valence-electron chi connectivity index (χ1n) is 8.74. The van der Waals surface area contributed by atoms with Crippen molar-refractivity contribution in [1.29, 1.82) is 0 Å². The van der Waals surface area contributed by atoms with Crippen LogP contribution in [-0.2, 0) is 11.2 Å². The van der Waals surface area contributed by atoms with E-state index in [1.54, 1.807) is 11.3 Å². The van der Waals surface area contributed by atoms with E-state index in [0.717, 1.165) is 18.0 Å². The number of rotatable bonds is 7. The van der Waals surface area contributed by atoms with Crippen LogP contribution in [0.4, 0.5) is 5.69 Å². The molecule has 0 aliphatic heterocycles. The molecule has 0 spiro atoms. The minimum Gasteiger partial charge on any atom is -0.398 e. The van der Waals surface area contributed by atoms with Crippen molar-refractivity contribution >= 4 is 23.8 Å². The monoisotopic (exact) mass is 329 g/mol. The van der Waals surface area contributed by atoms with Crippen LogP contribution < -0.4 is 5.73 Å². The van der Waals surface area contributed by atoms with E-state index in [2.05, 4.69) is 33.1 Å². The first-order chi connectivity index (χ1) is 10.7. The second kappa shape index (κ2) is 22.5. The minimum atomic E-state index is 0.960. The van der Waals surface area contributed by atoms with E-state index in [9.17, 15) is 0 Å². The number of anilines is 1. The Labute approximate surface area is 143 Å². The molecule has 0 aliphatic carbocycles. The molecular formula is C19H39NOS. The Kier molecular flexibility index (Phi) is 26.6. The number of hydrogen-bond donors (Lipinski definition) is 1. The molecule has 1 aromatic heterocycles. The second-order valence-corrected chi connectivity index (χ2v) is 5.88. The van der Waals surface area contributed by atoms with Gasteiger partial charge in [-0.1, -0.05) is 80.1 Å². The molecule has 0 aromatic carbocycles. The summed E-state index contributed by atoms with van der Waals surface area (Å²) >= 11 is 1.68. The van der Waals surface area contributed by atoms with Crippen LogP contribution in [-0.4, -0.2) is 6.79 Å². The number of unbranched alkanes of at least 4 members (excludes halogenated alkanes) is 1. The van der Waals surface area contributed by atoms with Crippen LogP contribution in [0.2, 0.25) is 0 Å². The molecule has 0 amide bonds. The molecule has 22 heavy (non-hydrogen) atoms. The highest BCUT2D eigenvalue weighted by Gasteiger charge is 1.97. The van der Waals surface area contributed by atoms with Crippen LogP contribution in [0.25, 0.3) is 0 Å². The van der Waals surface area contributed by atoms with Gasteiger partial charge < -0.3 is 10.5 Å². The number of hydrogen-bond acceptors (Lipinski definition) is 3. The molecule has 132 valence electrons. The maximum absolute atomic E-state index is 8.00. The topological polar surface area (TPSA) is 43.1 Å². The summed E-state index contributed by atoms with van der Waals surface area (Å²) in [5, 5.41) is 4.11. The molecule has 0 bridgehead atoms. The molecule has 1 atom stereocenters. The fourth-order valence-corrected chi connectivity index (χ4v) is 2.78. The third kappa shape index (κ3) is 17.2. The molecule has 1 unspecified atom stereocenters. The van der Waals surface area contributed by atoms with Crippen molar-refractivity contribution in [3.05, 3.63) is 16.3 Å². The van der Waals surface area contributed by atoms with E-state index in [4.69, 9.17) is 10.5 Å². The molecule has 0 saturated heterocycles. The van der Waals surface area contributed by atoms with Gasteiger partial charge in [0.05, 0.1) is 0 Å². The summed E-state index contributed by atoms with van der Waals surface area (Å²) in [4.78, 5) is 8.00. The van der Waals surface area contributed by atoms with E-state index in [1.165, 1.54) is 44.1 Å². The van der Waals surface area contributed by atoms with E-state index in [1.807, 2.05) is 26.0 Å². The van der Waals surface area contributed by atoms with Crippen LogP contribution in [0.15, 0.2) is 10.8 Å². The molecule has 0 fully saturated rings. The van der Waals surface area contributed by atoms with Gasteiger partial charge >= 0.3 is 0 Å². The molecular weight excluding hydrogens is 290 g/mol. The maximum atomic E-state index is 8.00. The quantitative estimate of drug-likeness (QED) is 0.602. The van der Waals surface area contributed by atoms with E-state index < -0.39 is 0 Å². The Morgan fingerprint density at radius 2 is 1.64 bits per heavy atom. The van der Waals surface area contributed by atoms with Crippen LogP contribution >= 0.6 is 11.3 Å². The number of nitrogen functional groups attached to an aromatic ring is 1. The number of carbonyl (C=O) groups is 1. The average Bonchev–Trinajstić information content (AvgIpc) is 2.96. The Morgan fingerprint density at radius 3 is 2.00 bits per heavy atom. The first-order valence-corrected chi connectivity index (χ1v) is 9.69. The van der Waals surface area contributed by atoms with Crippen LogP contribution in [0, 0.1) is 5.92 Å². The minimum absolute atomic E-state index is 0.960. The summed E-state index contributed by atoms with van der Waals surface area (Å²) in [6, 6.07) is 0. The van der Waals surface area contributed by atoms with Gasteiger partial charge in [0.15, 0.2) is 0 Å². The summed E-state index contributed by atoms with van der Waals surface area (Å²) in [6.45, 7) is 15.1. The van der Waals surface area contributed by atoms with Crippen molar-refractivity contribution in [1.82, 2.24) is 0 Å². The van der Waals surface area contributed by atoms with E-state index in [-0.39, 0.29) is 0 Å². The fraction of sp³-hybridized carbons (Fsp3) is 0.737. The smallest absolute Gasteiger partial charge is 0.106 e. The van der Waals surface area contributed by atoms with Gasteiger partial charge in [-0.3, -0.25) is 0 Å². The number of carbonyl (C=O) groups excluding carboxylic acids is 1. The zero-order valence-corrected chi connectivity index (χ0v) is 16.6. The Morgan fingerprint density at radius 1 is 1.05 bits per heavy atom. The molecule has 1 heterocycles. The van der Waals surface area contributed by atoms with Crippen molar-refractivity contribution in [3.63, 3.8) is 0 Å². The summed E-state index contributed by atoms with van der Waals surface area (Å²) in [6.07, 6.45) is 9.28. The summed E-state index contributed by atoms with van der Waals surface area (Å²) < 4.78 is 0. The zero-order chi connectivity index (χ0) is 17.8. The number of thiophene rings is 1. The third-order valence-electron chi connectivity index (χ3n) is 3.13. The van der Waals surface area contributed by atoms with Crippen molar-refractivity contribution in [3.8, 4) is 0 Å². The van der Waals surface area contributed by atoms with E-state index in [0.29, 0.717) is 0 Å². The lowest BCUT2D eigenvalue weighted by atomic mass is 10.00. The van der Waals surface area contributed by atoms with Crippen LogP contribution in [0.5, 0.6) is 0 Å². The normalized spacial score (nSPS) is 10.1. The lowest BCUT2D eigenvalue weighted by Crippen LogP contribution is -1.92. The Balaban J connectivity index is -0.000000267. The molecule has 0 radical (unpaired) electrons. The summed E-state index contributed by atoms with van der Waals surface area (Å²) in [5.74, 6) is 0.968. The highest BCUT2D eigenvalue weighted by atomic mass is 32.1. The standard InChI is InChI=1S/C9H20.C7H11NS.C2H6.CH2O/c1-4-6-8-9(3)7-5-2;1-2-3-6-4-9-5-7(6)8;2*1-2/h9H,4-8H2,1-3H3;4-5H,2-3,8H2,1H3;1-2H3;1H2. The predicted molar refractivity (Wildman–Crippen MR) is 105 cm³/mol. The molecule has 1 rings (SSSR count). The van der Waals surface area contributed by atoms with Crippen LogP contribution in [0.3, 0.4) is 0 Å². The largest absolute Gasteiger partial charge is 0.398 e. The van der Waals surface area contributed by atoms with Gasteiger partial charge in [-0.05, 0) is 23.3 Å². The highest BCUT2D eigenvalue weighted by Crippen LogP contribution is 2.18. The van der Waals surface area contributed by atoms with E-state index >= 15 is 0 Å². The van der Waals surface area contributed by atoms with Crippen molar-refractivity contribution in [2.24, 2.45) is 5.92 Å². The highest BCUT2D eigenvalue weighted by molar-refractivity contribution is 7.08. The molecule has 0 saturated carbocycles. The molecule has 3 heteroatoms. The molecule has 0 aliphatic rings. The van der Waals surface area contributed by atoms with Gasteiger partial charge in [-0.2, -0.15) is 0 Å². The van der Waals surface area contributed by atoms with Gasteiger partial charge in [0, 0.05) is 11.1 Å². The maximum Gasteiger partial charge on any atom is 0.106 e. The van der Waals surface area contributed by atoms with Crippen molar-refractivity contribution < 1.29 is 4.79 Å². The lowest BCUT2D eigenvalue weighted by molar-refractivity contribution is -0.0979. The summed E-state index contributed by atoms with van der Waals surface area (Å²) in [7, 11) is 0. The summed E-state index contributed by atoms with van der Waals surface area (Å²) in [5.41, 5.74) is 7.90. The zero-order valence-electron chi connectivity index (χ0n) is 15.8. The van der Waals surface area contributed by atoms with Gasteiger partial charge in [-0.25, -0.2) is 0 Å². The van der Waals surface area contributed by atoms with Gasteiger partial charge in [0.2, 0.25) is 0 Å². The Bertz CT molecular complexity index is 299. The number of aryl methyl sites for hydroxylation is 1. The van der Waals surface area contributed by atoms with Gasteiger partial charge in [0.1, 0.15) is 6.79 Å². The lowest BCUT2D eigenvalue weighted by Gasteiger charge is -2.07. The number of nitrogens with two attached hydrogens (primary N) is 1. The van der Waals surface area contributed by atoms with Gasteiger partial charge in [0.25, 0.3) is 0 Å². The second-order valence-electron chi connectivity index (χ2n) is 5.14. The average molecular weight is 330 g/mol. The Hall–Kier alpha value is -0.830. The molecule has 2 nitrogen and oxygen atoms in total. The van der Waals surface area contributed by atoms with Crippen molar-refractivity contribution in [2.75, 3.05) is 5.73 Å². The first kappa shape index (κ1) is 26.1. The fourth-order valence-electron chi connectivity index (χ4n) is 2.00. The van der Waals surface area contributed by atoms with Crippen LogP contribution in [0.1, 0.15) is 85.6 Å². The van der Waals surface area contributed by atoms with Crippen molar-refractivity contribution in [2.45, 2.75) is 86.5 Å².